The Labute approximate surface area is 134 Å². The lowest BCUT2D eigenvalue weighted by Crippen LogP contribution is -2.35. The van der Waals surface area contributed by atoms with E-state index in [-0.39, 0.29) is 5.91 Å². The lowest BCUT2D eigenvalue weighted by atomic mass is 10.2. The average Bonchev–Trinajstić information content (AvgIpc) is 3.34. The summed E-state index contributed by atoms with van der Waals surface area (Å²) in [6.45, 7) is 0. The third-order valence-electron chi connectivity index (χ3n) is 3.74. The van der Waals surface area contributed by atoms with Crippen molar-refractivity contribution in [3.63, 3.8) is 0 Å². The highest BCUT2D eigenvalue weighted by Crippen LogP contribution is 2.34. The molecule has 0 unspecified atom stereocenters. The van der Waals surface area contributed by atoms with Gasteiger partial charge < -0.3 is 4.90 Å². The predicted molar refractivity (Wildman–Crippen MR) is 89.9 cm³/mol. The summed E-state index contributed by atoms with van der Waals surface area (Å²) in [4.78, 5) is 14.6. The van der Waals surface area contributed by atoms with Gasteiger partial charge in [-0.05, 0) is 37.1 Å². The van der Waals surface area contributed by atoms with Gasteiger partial charge in [-0.3, -0.25) is 4.79 Å². The molecule has 1 atom stereocenters. The van der Waals surface area contributed by atoms with E-state index in [4.69, 9.17) is 5.26 Å². The lowest BCUT2D eigenvalue weighted by molar-refractivity contribution is -0.118. The number of thioether (sulfide) groups is 2. The van der Waals surface area contributed by atoms with Crippen molar-refractivity contribution in [2.45, 2.75) is 30.6 Å². The van der Waals surface area contributed by atoms with E-state index in [0.717, 1.165) is 30.0 Å². The summed E-state index contributed by atoms with van der Waals surface area (Å²) < 4.78 is 0. The molecule has 1 saturated carbocycles. The van der Waals surface area contributed by atoms with E-state index >= 15 is 0 Å². The van der Waals surface area contributed by atoms with E-state index in [1.165, 1.54) is 5.75 Å². The molecule has 110 valence electrons. The van der Waals surface area contributed by atoms with E-state index in [9.17, 15) is 4.79 Å². The van der Waals surface area contributed by atoms with Crippen molar-refractivity contribution in [3.05, 3.63) is 29.8 Å². The number of nitrogens with zero attached hydrogens (tertiary/aromatic N) is 2. The minimum absolute atomic E-state index is 0.238. The highest BCUT2D eigenvalue weighted by atomic mass is 32.2. The third-order valence-corrected chi connectivity index (χ3v) is 6.59. The van der Waals surface area contributed by atoms with Crippen LogP contribution in [0.5, 0.6) is 0 Å². The standard InChI is InChI=1S/C16H18N2OS2/c17-10-12-1-3-13(4-2-12)18(14-5-6-14)16(19)9-15-11-20-7-8-21-15/h1-4,14-15H,5-9,11H2/t15-/m0/s1. The molecule has 1 heterocycles. The second-order valence-electron chi connectivity index (χ2n) is 5.43. The topological polar surface area (TPSA) is 44.1 Å². The summed E-state index contributed by atoms with van der Waals surface area (Å²) in [5, 5.41) is 9.33. The molecule has 2 fully saturated rings. The second kappa shape index (κ2) is 6.76. The summed E-state index contributed by atoms with van der Waals surface area (Å²) in [5.74, 6) is 3.69. The Kier molecular flexibility index (Phi) is 4.77. The maximum absolute atomic E-state index is 12.7. The van der Waals surface area contributed by atoms with Gasteiger partial charge in [-0.15, -0.1) is 0 Å². The molecule has 3 nitrogen and oxygen atoms in total. The van der Waals surface area contributed by atoms with E-state index in [1.54, 1.807) is 12.1 Å². The molecule has 1 aliphatic heterocycles. The van der Waals surface area contributed by atoms with Crippen LogP contribution in [0.1, 0.15) is 24.8 Å². The van der Waals surface area contributed by atoms with Gasteiger partial charge in [-0.1, -0.05) is 0 Å². The number of hydrogen-bond donors (Lipinski definition) is 0. The minimum Gasteiger partial charge on any atom is -0.309 e. The van der Waals surface area contributed by atoms with Gasteiger partial charge in [0.2, 0.25) is 5.91 Å². The van der Waals surface area contributed by atoms with Crippen LogP contribution >= 0.6 is 23.5 Å². The summed E-state index contributed by atoms with van der Waals surface area (Å²) >= 11 is 3.88. The van der Waals surface area contributed by atoms with E-state index < -0.39 is 0 Å². The molecule has 0 N–H and O–H groups in total. The molecule has 0 aromatic heterocycles. The van der Waals surface area contributed by atoms with Crippen LogP contribution in [0.2, 0.25) is 0 Å². The number of rotatable bonds is 4. The van der Waals surface area contributed by atoms with Crippen LogP contribution in [0.3, 0.4) is 0 Å². The molecule has 1 aromatic rings. The normalized spacial score (nSPS) is 21.6. The van der Waals surface area contributed by atoms with Gasteiger partial charge in [0.15, 0.2) is 0 Å². The second-order valence-corrected chi connectivity index (χ2v) is 7.98. The van der Waals surface area contributed by atoms with E-state index in [0.29, 0.717) is 23.3 Å². The first kappa shape index (κ1) is 14.8. The van der Waals surface area contributed by atoms with Gasteiger partial charge in [0.25, 0.3) is 0 Å². The molecule has 0 spiro atoms. The van der Waals surface area contributed by atoms with Crippen molar-refractivity contribution < 1.29 is 4.79 Å². The number of carbonyl (C=O) groups excluding carboxylic acids is 1. The smallest absolute Gasteiger partial charge is 0.228 e. The summed E-state index contributed by atoms with van der Waals surface area (Å²) in [6, 6.07) is 9.88. The maximum atomic E-state index is 12.7. The number of nitriles is 1. The summed E-state index contributed by atoms with van der Waals surface area (Å²) in [5.41, 5.74) is 1.58. The zero-order chi connectivity index (χ0) is 14.7. The van der Waals surface area contributed by atoms with Gasteiger partial charge >= 0.3 is 0 Å². The molecule has 1 amide bonds. The third kappa shape index (κ3) is 3.75. The lowest BCUT2D eigenvalue weighted by Gasteiger charge is -2.26. The average molecular weight is 318 g/mol. The molecule has 21 heavy (non-hydrogen) atoms. The number of amides is 1. The Balaban J connectivity index is 1.71. The van der Waals surface area contributed by atoms with Crippen molar-refractivity contribution in [3.8, 4) is 6.07 Å². The number of carbonyl (C=O) groups is 1. The highest BCUT2D eigenvalue weighted by molar-refractivity contribution is 8.06. The van der Waals surface area contributed by atoms with Crippen LogP contribution in [0.25, 0.3) is 0 Å². The molecule has 1 aromatic carbocycles. The zero-order valence-corrected chi connectivity index (χ0v) is 13.5. The first-order valence-corrected chi connectivity index (χ1v) is 9.50. The number of benzene rings is 1. The Morgan fingerprint density at radius 2 is 2.05 bits per heavy atom. The minimum atomic E-state index is 0.238. The van der Waals surface area contributed by atoms with E-state index in [2.05, 4.69) is 6.07 Å². The first-order chi connectivity index (χ1) is 10.3. The fourth-order valence-electron chi connectivity index (χ4n) is 2.54. The molecule has 0 radical (unpaired) electrons. The van der Waals surface area contributed by atoms with Crippen LogP contribution in [0.4, 0.5) is 5.69 Å². The maximum Gasteiger partial charge on any atom is 0.228 e. The van der Waals surface area contributed by atoms with Gasteiger partial charge in [0.1, 0.15) is 0 Å². The summed E-state index contributed by atoms with van der Waals surface area (Å²) in [6.07, 6.45) is 2.82. The Morgan fingerprint density at radius 3 is 2.62 bits per heavy atom. The largest absolute Gasteiger partial charge is 0.309 e. The molecule has 1 saturated heterocycles. The van der Waals surface area contributed by atoms with E-state index in [1.807, 2.05) is 40.6 Å². The van der Waals surface area contributed by atoms with Crippen molar-refractivity contribution in [2.24, 2.45) is 0 Å². The number of hydrogen-bond acceptors (Lipinski definition) is 4. The van der Waals surface area contributed by atoms with Crippen LogP contribution in [-0.2, 0) is 4.79 Å². The Bertz CT molecular complexity index is 542. The van der Waals surface area contributed by atoms with Crippen LogP contribution in [-0.4, -0.2) is 34.5 Å². The van der Waals surface area contributed by atoms with Crippen molar-refractivity contribution >= 4 is 35.1 Å². The van der Waals surface area contributed by atoms with Crippen LogP contribution in [0.15, 0.2) is 24.3 Å². The van der Waals surface area contributed by atoms with Gasteiger partial charge in [-0.2, -0.15) is 28.8 Å². The fourth-order valence-corrected chi connectivity index (χ4v) is 5.21. The molecule has 5 heteroatoms. The Morgan fingerprint density at radius 1 is 1.29 bits per heavy atom. The molecular formula is C16H18N2OS2. The molecular weight excluding hydrogens is 300 g/mol. The van der Waals surface area contributed by atoms with Gasteiger partial charge in [0, 0.05) is 40.7 Å². The first-order valence-electron chi connectivity index (χ1n) is 7.29. The predicted octanol–water partition coefficient (Wildman–Crippen LogP) is 3.29. The van der Waals surface area contributed by atoms with Crippen LogP contribution < -0.4 is 4.90 Å². The van der Waals surface area contributed by atoms with Gasteiger partial charge in [0.05, 0.1) is 11.6 Å². The van der Waals surface area contributed by atoms with Gasteiger partial charge in [-0.25, -0.2) is 0 Å². The fraction of sp³-hybridized carbons (Fsp3) is 0.500. The highest BCUT2D eigenvalue weighted by Gasteiger charge is 2.34. The van der Waals surface area contributed by atoms with Crippen LogP contribution in [0, 0.1) is 11.3 Å². The monoisotopic (exact) mass is 318 g/mol. The quantitative estimate of drug-likeness (QED) is 0.854. The zero-order valence-electron chi connectivity index (χ0n) is 11.8. The molecule has 3 rings (SSSR count). The summed E-state index contributed by atoms with van der Waals surface area (Å²) in [7, 11) is 0. The van der Waals surface area contributed by atoms with Crippen molar-refractivity contribution in [1.29, 1.82) is 5.26 Å². The van der Waals surface area contributed by atoms with Crippen molar-refractivity contribution in [1.82, 2.24) is 0 Å². The molecule has 1 aliphatic carbocycles. The van der Waals surface area contributed by atoms with Crippen molar-refractivity contribution in [2.75, 3.05) is 22.2 Å². The molecule has 2 aliphatic rings. The molecule has 0 bridgehead atoms. The Hall–Kier alpha value is -1.12. The number of anilines is 1. The SMILES string of the molecule is N#Cc1ccc(N(C(=O)C[C@H]2CSCCS2)C2CC2)cc1.